The van der Waals surface area contributed by atoms with Crippen LogP contribution in [-0.4, -0.2) is 47.7 Å². The second-order valence-electron chi connectivity index (χ2n) is 5.53. The highest BCUT2D eigenvalue weighted by Crippen LogP contribution is 2.22. The Labute approximate surface area is 103 Å². The average Bonchev–Trinajstić information content (AvgIpc) is 2.53. The van der Waals surface area contributed by atoms with Crippen LogP contribution in [0.5, 0.6) is 0 Å². The minimum absolute atomic E-state index is 0.157. The molecule has 4 nitrogen and oxygen atoms in total. The molecule has 17 heavy (non-hydrogen) atoms. The molecule has 0 aromatic carbocycles. The fraction of sp³-hybridized carbons (Fsp3) is 1.00. The van der Waals surface area contributed by atoms with Crippen LogP contribution in [0.3, 0.4) is 0 Å². The zero-order valence-electron chi connectivity index (χ0n) is 10.5. The summed E-state index contributed by atoms with van der Waals surface area (Å²) in [6, 6.07) is 0.157. The number of ether oxygens (including phenoxy) is 1. The Morgan fingerprint density at radius 1 is 1.12 bits per heavy atom. The number of rotatable bonds is 3. The maximum atomic E-state index is 10.3. The number of hydrogen-bond acceptors (Lipinski definition) is 4. The Hall–Kier alpha value is -0.160. The van der Waals surface area contributed by atoms with Gasteiger partial charge in [-0.25, -0.2) is 0 Å². The molecule has 0 radical (unpaired) electrons. The van der Waals surface area contributed by atoms with Gasteiger partial charge in [-0.05, 0) is 12.8 Å². The van der Waals surface area contributed by atoms with E-state index >= 15 is 0 Å². The quantitative estimate of drug-likeness (QED) is 0.642. The molecular formula is C13H25NO3. The van der Waals surface area contributed by atoms with Gasteiger partial charge in [0.05, 0.1) is 11.7 Å². The summed E-state index contributed by atoms with van der Waals surface area (Å²) in [6.45, 7) is 1.87. The fourth-order valence-corrected chi connectivity index (χ4v) is 2.78. The Balaban J connectivity index is 1.79. The zero-order chi connectivity index (χ0) is 12.1. The largest absolute Gasteiger partial charge is 0.392 e. The minimum atomic E-state index is -0.635. The molecule has 4 heteroatoms. The molecule has 0 aromatic rings. The number of aliphatic hydroxyl groups excluding tert-OH is 1. The normalized spacial score (nSPS) is 34.2. The van der Waals surface area contributed by atoms with Crippen LogP contribution in [0, 0.1) is 0 Å². The first-order chi connectivity index (χ1) is 8.20. The molecule has 3 N–H and O–H groups in total. The van der Waals surface area contributed by atoms with E-state index in [2.05, 4.69) is 5.32 Å². The maximum absolute atomic E-state index is 10.3. The summed E-state index contributed by atoms with van der Waals surface area (Å²) in [7, 11) is 0. The van der Waals surface area contributed by atoms with Crippen LogP contribution in [-0.2, 0) is 4.74 Å². The lowest BCUT2D eigenvalue weighted by atomic mass is 9.93. The van der Waals surface area contributed by atoms with Crippen LogP contribution < -0.4 is 5.32 Å². The van der Waals surface area contributed by atoms with Crippen molar-refractivity contribution in [3.63, 3.8) is 0 Å². The summed E-state index contributed by atoms with van der Waals surface area (Å²) < 4.78 is 5.26. The minimum Gasteiger partial charge on any atom is -0.392 e. The Kier molecular flexibility index (Phi) is 4.79. The molecule has 2 unspecified atom stereocenters. The summed E-state index contributed by atoms with van der Waals surface area (Å²) in [5.41, 5.74) is -0.635. The van der Waals surface area contributed by atoms with Gasteiger partial charge in [-0.2, -0.15) is 0 Å². The van der Waals surface area contributed by atoms with E-state index in [1.54, 1.807) is 0 Å². The standard InChI is InChI=1S/C13H25NO3/c15-12-5-3-1-2-4-11(12)14-10-13(16)6-8-17-9-7-13/h11-12,14-16H,1-10H2. The molecule has 2 atom stereocenters. The van der Waals surface area contributed by atoms with Crippen LogP contribution in [0.15, 0.2) is 0 Å². The molecule has 0 spiro atoms. The van der Waals surface area contributed by atoms with Crippen molar-refractivity contribution >= 4 is 0 Å². The number of aliphatic hydroxyl groups is 2. The topological polar surface area (TPSA) is 61.7 Å². The highest BCUT2D eigenvalue weighted by atomic mass is 16.5. The Bertz CT molecular complexity index is 229. The maximum Gasteiger partial charge on any atom is 0.0815 e. The predicted molar refractivity (Wildman–Crippen MR) is 65.9 cm³/mol. The van der Waals surface area contributed by atoms with Crippen molar-refractivity contribution in [2.75, 3.05) is 19.8 Å². The zero-order valence-corrected chi connectivity index (χ0v) is 10.5. The molecule has 1 aliphatic carbocycles. The van der Waals surface area contributed by atoms with Crippen LogP contribution in [0.25, 0.3) is 0 Å². The van der Waals surface area contributed by atoms with E-state index in [0.29, 0.717) is 32.6 Å². The SMILES string of the molecule is OC1CCCCCC1NCC1(O)CCOCC1. The second kappa shape index (κ2) is 6.14. The van der Waals surface area contributed by atoms with Gasteiger partial charge in [0.15, 0.2) is 0 Å². The van der Waals surface area contributed by atoms with Gasteiger partial charge >= 0.3 is 0 Å². The van der Waals surface area contributed by atoms with Crippen LogP contribution >= 0.6 is 0 Å². The summed E-state index contributed by atoms with van der Waals surface area (Å²) in [6.07, 6.45) is 6.57. The van der Waals surface area contributed by atoms with Gasteiger partial charge in [-0.1, -0.05) is 19.3 Å². The second-order valence-corrected chi connectivity index (χ2v) is 5.53. The van der Waals surface area contributed by atoms with E-state index in [0.717, 1.165) is 19.3 Å². The highest BCUT2D eigenvalue weighted by Gasteiger charge is 2.31. The van der Waals surface area contributed by atoms with E-state index in [4.69, 9.17) is 4.74 Å². The summed E-state index contributed by atoms with van der Waals surface area (Å²) in [5.74, 6) is 0. The monoisotopic (exact) mass is 243 g/mol. The van der Waals surface area contributed by atoms with E-state index in [1.807, 2.05) is 0 Å². The van der Waals surface area contributed by atoms with Gasteiger partial charge in [0.1, 0.15) is 0 Å². The van der Waals surface area contributed by atoms with E-state index in [1.165, 1.54) is 12.8 Å². The first-order valence-corrected chi connectivity index (χ1v) is 6.91. The van der Waals surface area contributed by atoms with Gasteiger partial charge in [0.25, 0.3) is 0 Å². The number of hydrogen-bond donors (Lipinski definition) is 3. The summed E-state index contributed by atoms with van der Waals surface area (Å²) in [5, 5.41) is 23.7. The third-order valence-electron chi connectivity index (χ3n) is 4.10. The Morgan fingerprint density at radius 3 is 2.59 bits per heavy atom. The lowest BCUT2D eigenvalue weighted by Gasteiger charge is -2.34. The highest BCUT2D eigenvalue weighted by molar-refractivity contribution is 4.87. The van der Waals surface area contributed by atoms with Crippen molar-refractivity contribution in [3.8, 4) is 0 Å². The van der Waals surface area contributed by atoms with Gasteiger partial charge in [0.2, 0.25) is 0 Å². The van der Waals surface area contributed by atoms with Crippen molar-refractivity contribution in [2.45, 2.75) is 62.7 Å². The number of nitrogens with one attached hydrogen (secondary N) is 1. The van der Waals surface area contributed by atoms with Crippen molar-refractivity contribution in [1.29, 1.82) is 0 Å². The molecule has 0 amide bonds. The Morgan fingerprint density at radius 2 is 1.82 bits per heavy atom. The lowest BCUT2D eigenvalue weighted by molar-refractivity contribution is -0.0647. The fourth-order valence-electron chi connectivity index (χ4n) is 2.78. The first-order valence-electron chi connectivity index (χ1n) is 6.91. The van der Waals surface area contributed by atoms with Crippen LogP contribution in [0.1, 0.15) is 44.9 Å². The van der Waals surface area contributed by atoms with Crippen molar-refractivity contribution in [1.82, 2.24) is 5.32 Å². The average molecular weight is 243 g/mol. The molecule has 2 rings (SSSR count). The lowest BCUT2D eigenvalue weighted by Crippen LogP contribution is -2.50. The molecule has 0 bridgehead atoms. The van der Waals surface area contributed by atoms with Gasteiger partial charge in [-0.3, -0.25) is 0 Å². The predicted octanol–water partition coefficient (Wildman–Crippen LogP) is 0.811. The van der Waals surface area contributed by atoms with E-state index in [-0.39, 0.29) is 12.1 Å². The molecule has 1 heterocycles. The third kappa shape index (κ3) is 3.91. The summed E-state index contributed by atoms with van der Waals surface area (Å²) >= 11 is 0. The molecule has 1 aliphatic heterocycles. The molecular weight excluding hydrogens is 218 g/mol. The van der Waals surface area contributed by atoms with Gasteiger partial charge < -0.3 is 20.3 Å². The van der Waals surface area contributed by atoms with Gasteiger partial charge in [0, 0.05) is 38.6 Å². The summed E-state index contributed by atoms with van der Waals surface area (Å²) in [4.78, 5) is 0. The van der Waals surface area contributed by atoms with Crippen LogP contribution in [0.2, 0.25) is 0 Å². The molecule has 1 saturated heterocycles. The van der Waals surface area contributed by atoms with Gasteiger partial charge in [-0.15, -0.1) is 0 Å². The molecule has 2 fully saturated rings. The van der Waals surface area contributed by atoms with Crippen molar-refractivity contribution in [3.05, 3.63) is 0 Å². The third-order valence-corrected chi connectivity index (χ3v) is 4.10. The van der Waals surface area contributed by atoms with Crippen molar-refractivity contribution in [2.24, 2.45) is 0 Å². The van der Waals surface area contributed by atoms with Crippen LogP contribution in [0.4, 0.5) is 0 Å². The molecule has 1 saturated carbocycles. The molecule has 0 aromatic heterocycles. The molecule has 100 valence electrons. The van der Waals surface area contributed by atoms with E-state index in [9.17, 15) is 10.2 Å². The van der Waals surface area contributed by atoms with E-state index < -0.39 is 5.60 Å². The molecule has 2 aliphatic rings. The first kappa shape index (κ1) is 13.3. The smallest absolute Gasteiger partial charge is 0.0815 e. The van der Waals surface area contributed by atoms with Crippen molar-refractivity contribution < 1.29 is 14.9 Å².